The maximum atomic E-state index is 12.8. The number of anilines is 2. The predicted molar refractivity (Wildman–Crippen MR) is 101 cm³/mol. The number of alkyl halides is 3. The number of sulfone groups is 1. The minimum Gasteiger partial charge on any atom is -0.497 e. The third-order valence-corrected chi connectivity index (χ3v) is 5.27. The third kappa shape index (κ3) is 4.85. The van der Waals surface area contributed by atoms with Crippen LogP contribution in [0.5, 0.6) is 5.75 Å². The van der Waals surface area contributed by atoms with Crippen LogP contribution in [-0.4, -0.2) is 41.5 Å². The molecule has 2 heterocycles. The van der Waals surface area contributed by atoms with E-state index in [2.05, 4.69) is 36.3 Å². The van der Waals surface area contributed by atoms with Crippen LogP contribution in [0.3, 0.4) is 0 Å². The largest absolute Gasteiger partial charge is 0.497 e. The second-order valence-corrected chi connectivity index (χ2v) is 8.67. The summed E-state index contributed by atoms with van der Waals surface area (Å²) in [6.07, 6.45) is -1.09. The van der Waals surface area contributed by atoms with E-state index in [-0.39, 0.29) is 22.4 Å². The number of aromatic nitrogens is 4. The second kappa shape index (κ2) is 7.63. The molecule has 154 valence electrons. The van der Waals surface area contributed by atoms with Crippen LogP contribution in [0, 0.1) is 0 Å². The Labute approximate surface area is 171 Å². The highest BCUT2D eigenvalue weighted by Gasteiger charge is 2.34. The zero-order valence-electron chi connectivity index (χ0n) is 14.9. The highest BCUT2D eigenvalue weighted by molar-refractivity contribution is 9.10. The topological polar surface area (TPSA) is 99.0 Å². The molecule has 8 nitrogen and oxygen atoms in total. The van der Waals surface area contributed by atoms with E-state index < -0.39 is 21.7 Å². The molecule has 1 aromatic carbocycles. The number of hydrogen-bond donors (Lipinski definition) is 1. The first-order chi connectivity index (χ1) is 13.5. The molecule has 0 unspecified atom stereocenters. The van der Waals surface area contributed by atoms with Crippen molar-refractivity contribution in [3.8, 4) is 11.6 Å². The smallest absolute Gasteiger partial charge is 0.435 e. The van der Waals surface area contributed by atoms with Gasteiger partial charge in [-0.05, 0) is 34.1 Å². The zero-order chi connectivity index (χ0) is 21.4. The fourth-order valence-corrected chi connectivity index (χ4v) is 3.32. The molecule has 3 rings (SSSR count). The maximum absolute atomic E-state index is 12.8. The Morgan fingerprint density at radius 1 is 1.24 bits per heavy atom. The molecule has 0 radical (unpaired) electrons. The first-order valence-electron chi connectivity index (χ1n) is 7.79. The molecule has 0 amide bonds. The van der Waals surface area contributed by atoms with Crippen molar-refractivity contribution in [2.45, 2.75) is 11.1 Å². The van der Waals surface area contributed by atoms with E-state index in [9.17, 15) is 21.6 Å². The monoisotopic (exact) mass is 491 g/mol. The van der Waals surface area contributed by atoms with Crippen molar-refractivity contribution in [3.63, 3.8) is 0 Å². The number of nitrogens with one attached hydrogen (secondary N) is 1. The lowest BCUT2D eigenvalue weighted by Gasteiger charge is -2.11. The molecule has 0 saturated heterocycles. The van der Waals surface area contributed by atoms with Crippen LogP contribution in [0.1, 0.15) is 5.69 Å². The standard InChI is InChI=1S/C16H13BrF3N5O3S/c1-28-10-5-9(6-11(7-10)29(2,26)27)22-15-21-8-12(17)14(23-15)25-4-3-13(24-25)16(18,19)20/h3-8H,1-2H3,(H,21,22,23). The van der Waals surface area contributed by atoms with E-state index in [0.29, 0.717) is 10.2 Å². The molecule has 0 aliphatic rings. The lowest BCUT2D eigenvalue weighted by atomic mass is 10.3. The summed E-state index contributed by atoms with van der Waals surface area (Å²) in [5, 5.41) is 6.29. The molecule has 29 heavy (non-hydrogen) atoms. The summed E-state index contributed by atoms with van der Waals surface area (Å²) in [5.74, 6) is 0.360. The Bertz CT molecular complexity index is 1160. The van der Waals surface area contributed by atoms with Gasteiger partial charge < -0.3 is 10.1 Å². The molecule has 1 N–H and O–H groups in total. The number of benzene rings is 1. The van der Waals surface area contributed by atoms with Crippen molar-refractivity contribution in [1.82, 2.24) is 19.7 Å². The van der Waals surface area contributed by atoms with Gasteiger partial charge in [-0.3, -0.25) is 0 Å². The Morgan fingerprint density at radius 2 is 1.97 bits per heavy atom. The second-order valence-electron chi connectivity index (χ2n) is 5.80. The van der Waals surface area contributed by atoms with Gasteiger partial charge in [0, 0.05) is 30.4 Å². The molecule has 0 aliphatic heterocycles. The molecular formula is C16H13BrF3N5O3S. The lowest BCUT2D eigenvalue weighted by Crippen LogP contribution is -2.09. The van der Waals surface area contributed by atoms with Crippen molar-refractivity contribution in [2.75, 3.05) is 18.7 Å². The van der Waals surface area contributed by atoms with E-state index in [1.165, 1.54) is 31.5 Å². The normalized spacial score (nSPS) is 12.1. The molecule has 3 aromatic rings. The summed E-state index contributed by atoms with van der Waals surface area (Å²) in [6, 6.07) is 5.06. The SMILES string of the molecule is COc1cc(Nc2ncc(Br)c(-n3ccc(C(F)(F)F)n3)n2)cc(S(C)(=O)=O)c1. The van der Waals surface area contributed by atoms with Gasteiger partial charge in [-0.1, -0.05) is 0 Å². The fourth-order valence-electron chi connectivity index (χ4n) is 2.28. The van der Waals surface area contributed by atoms with Crippen LogP contribution >= 0.6 is 15.9 Å². The quantitative estimate of drug-likeness (QED) is 0.581. The van der Waals surface area contributed by atoms with E-state index in [0.717, 1.165) is 23.2 Å². The number of halogens is 4. The van der Waals surface area contributed by atoms with E-state index in [1.54, 1.807) is 0 Å². The minimum atomic E-state index is -4.59. The average Bonchev–Trinajstić information content (AvgIpc) is 3.12. The van der Waals surface area contributed by atoms with Crippen LogP contribution in [0.25, 0.3) is 5.82 Å². The van der Waals surface area contributed by atoms with Gasteiger partial charge in [0.1, 0.15) is 5.75 Å². The van der Waals surface area contributed by atoms with Crippen LogP contribution < -0.4 is 10.1 Å². The molecule has 0 saturated carbocycles. The highest BCUT2D eigenvalue weighted by Crippen LogP contribution is 2.29. The molecule has 0 atom stereocenters. The number of ether oxygens (including phenoxy) is 1. The molecule has 13 heteroatoms. The van der Waals surface area contributed by atoms with Gasteiger partial charge in [-0.15, -0.1) is 0 Å². The van der Waals surface area contributed by atoms with Crippen molar-refractivity contribution in [1.29, 1.82) is 0 Å². The molecular weight excluding hydrogens is 479 g/mol. The van der Waals surface area contributed by atoms with Crippen LogP contribution in [0.2, 0.25) is 0 Å². The van der Waals surface area contributed by atoms with Crippen molar-refractivity contribution in [2.24, 2.45) is 0 Å². The molecule has 0 bridgehead atoms. The van der Waals surface area contributed by atoms with E-state index in [4.69, 9.17) is 4.74 Å². The van der Waals surface area contributed by atoms with Crippen LogP contribution in [0.4, 0.5) is 24.8 Å². The summed E-state index contributed by atoms with van der Waals surface area (Å²) in [7, 11) is -2.12. The van der Waals surface area contributed by atoms with Gasteiger partial charge in [0.25, 0.3) is 0 Å². The lowest BCUT2D eigenvalue weighted by molar-refractivity contribution is -0.141. The van der Waals surface area contributed by atoms with Gasteiger partial charge in [0.15, 0.2) is 21.3 Å². The Kier molecular flexibility index (Phi) is 5.54. The number of methoxy groups -OCH3 is 1. The molecule has 2 aromatic heterocycles. The summed E-state index contributed by atoms with van der Waals surface area (Å²) >= 11 is 3.18. The summed E-state index contributed by atoms with van der Waals surface area (Å²) < 4.78 is 68.4. The Morgan fingerprint density at radius 3 is 2.55 bits per heavy atom. The highest BCUT2D eigenvalue weighted by atomic mass is 79.9. The molecule has 0 spiro atoms. The Balaban J connectivity index is 1.98. The number of nitrogens with zero attached hydrogens (tertiary/aromatic N) is 4. The first kappa shape index (κ1) is 21.0. The average molecular weight is 492 g/mol. The fraction of sp³-hybridized carbons (Fsp3) is 0.188. The minimum absolute atomic E-state index is 0.0126. The van der Waals surface area contributed by atoms with Gasteiger partial charge in [-0.2, -0.15) is 23.3 Å². The van der Waals surface area contributed by atoms with Crippen LogP contribution in [-0.2, 0) is 16.0 Å². The molecule has 0 aliphatic carbocycles. The molecule has 0 fully saturated rings. The van der Waals surface area contributed by atoms with Gasteiger partial charge in [0.05, 0.1) is 16.5 Å². The number of rotatable bonds is 5. The van der Waals surface area contributed by atoms with Gasteiger partial charge >= 0.3 is 6.18 Å². The number of hydrogen-bond acceptors (Lipinski definition) is 7. The summed E-state index contributed by atoms with van der Waals surface area (Å²) in [6.45, 7) is 0. The van der Waals surface area contributed by atoms with E-state index in [1.807, 2.05) is 0 Å². The summed E-state index contributed by atoms with van der Waals surface area (Å²) in [5.41, 5.74) is -0.752. The van der Waals surface area contributed by atoms with E-state index >= 15 is 0 Å². The van der Waals surface area contributed by atoms with Gasteiger partial charge in [-0.25, -0.2) is 18.1 Å². The third-order valence-electron chi connectivity index (χ3n) is 3.62. The van der Waals surface area contributed by atoms with Crippen LogP contribution in [0.15, 0.2) is 46.0 Å². The van der Waals surface area contributed by atoms with Crippen molar-refractivity contribution < 1.29 is 26.3 Å². The predicted octanol–water partition coefficient (Wildman–Crippen LogP) is 3.60. The maximum Gasteiger partial charge on any atom is 0.435 e. The Hall–Kier alpha value is -2.67. The van der Waals surface area contributed by atoms with Crippen molar-refractivity contribution >= 4 is 37.4 Å². The van der Waals surface area contributed by atoms with Crippen molar-refractivity contribution in [3.05, 3.63) is 46.8 Å². The summed E-state index contributed by atoms with van der Waals surface area (Å²) in [4.78, 5) is 8.21. The van der Waals surface area contributed by atoms with Gasteiger partial charge in [0.2, 0.25) is 5.95 Å². The first-order valence-corrected chi connectivity index (χ1v) is 10.5. The zero-order valence-corrected chi connectivity index (χ0v) is 17.3.